The highest BCUT2D eigenvalue weighted by atomic mass is 16.5. The zero-order valence-corrected chi connectivity index (χ0v) is 22.2. The molecule has 0 unspecified atom stereocenters. The molecule has 1 heterocycles. The summed E-state index contributed by atoms with van der Waals surface area (Å²) in [7, 11) is 1.70. The molecule has 3 nitrogen and oxygen atoms in total. The normalized spacial score (nSPS) is 15.5. The minimum absolute atomic E-state index is 0.317. The third-order valence-corrected chi connectivity index (χ3v) is 8.37. The fourth-order valence-electron chi connectivity index (χ4n) is 6.51. The number of nitriles is 1. The number of hydrogen-bond donors (Lipinski definition) is 0. The monoisotopic (exact) mass is 505 g/mol. The standard InChI is InChI=1S/C36H27NO2/c1-35(2)31-20-23(22-37)14-16-28(31)32-27-17-15-26(38-3)21-30(27)34-29(33(32)35)18-19-36(39-34,24-10-6-4-7-11-24)25-12-8-5-9-13-25/h4-21H,1-3H3. The van der Waals surface area contributed by atoms with E-state index in [1.54, 1.807) is 7.11 Å². The molecule has 0 spiro atoms. The van der Waals surface area contributed by atoms with Crippen molar-refractivity contribution in [1.82, 2.24) is 0 Å². The van der Waals surface area contributed by atoms with Crippen LogP contribution in [0.2, 0.25) is 0 Å². The maximum Gasteiger partial charge on any atom is 0.178 e. The van der Waals surface area contributed by atoms with Crippen molar-refractivity contribution in [3.8, 4) is 28.7 Å². The van der Waals surface area contributed by atoms with Crippen molar-refractivity contribution in [2.75, 3.05) is 7.11 Å². The van der Waals surface area contributed by atoms with E-state index in [9.17, 15) is 5.26 Å². The first-order chi connectivity index (χ1) is 19.0. The van der Waals surface area contributed by atoms with Crippen LogP contribution >= 0.6 is 0 Å². The fraction of sp³-hybridized carbons (Fsp3) is 0.139. The molecule has 0 aromatic heterocycles. The topological polar surface area (TPSA) is 42.2 Å². The van der Waals surface area contributed by atoms with Crippen LogP contribution in [0, 0.1) is 11.3 Å². The first-order valence-corrected chi connectivity index (χ1v) is 13.2. The van der Waals surface area contributed by atoms with E-state index in [1.165, 1.54) is 22.3 Å². The highest BCUT2D eigenvalue weighted by Gasteiger charge is 2.44. The van der Waals surface area contributed by atoms with Gasteiger partial charge in [-0.25, -0.2) is 0 Å². The number of fused-ring (bicyclic) bond motifs is 8. The predicted molar refractivity (Wildman–Crippen MR) is 156 cm³/mol. The van der Waals surface area contributed by atoms with E-state index in [0.29, 0.717) is 5.56 Å². The molecule has 0 bridgehead atoms. The van der Waals surface area contributed by atoms with Gasteiger partial charge < -0.3 is 9.47 Å². The lowest BCUT2D eigenvalue weighted by atomic mass is 9.76. The maximum atomic E-state index is 9.66. The Kier molecular flexibility index (Phi) is 4.99. The highest BCUT2D eigenvalue weighted by molar-refractivity contribution is 6.09. The van der Waals surface area contributed by atoms with E-state index in [2.05, 4.69) is 98.8 Å². The van der Waals surface area contributed by atoms with Gasteiger partial charge in [0, 0.05) is 27.5 Å². The quantitative estimate of drug-likeness (QED) is 0.247. The van der Waals surface area contributed by atoms with Gasteiger partial charge in [-0.05, 0) is 64.0 Å². The zero-order valence-electron chi connectivity index (χ0n) is 22.2. The Bertz CT molecular complexity index is 1800. The summed E-state index contributed by atoms with van der Waals surface area (Å²) < 4.78 is 13.0. The number of nitrogens with zero attached hydrogens (tertiary/aromatic N) is 1. The van der Waals surface area contributed by atoms with Gasteiger partial charge in [-0.3, -0.25) is 0 Å². The van der Waals surface area contributed by atoms with Gasteiger partial charge in [0.2, 0.25) is 0 Å². The van der Waals surface area contributed by atoms with Crippen molar-refractivity contribution >= 4 is 16.8 Å². The lowest BCUT2D eigenvalue weighted by molar-refractivity contribution is 0.163. The molecule has 7 rings (SSSR count). The summed E-state index contributed by atoms with van der Waals surface area (Å²) >= 11 is 0. The minimum atomic E-state index is -0.788. The molecule has 1 aliphatic carbocycles. The molecule has 2 aliphatic rings. The minimum Gasteiger partial charge on any atom is -0.497 e. The number of ether oxygens (including phenoxy) is 2. The zero-order chi connectivity index (χ0) is 26.8. The molecule has 3 heteroatoms. The Labute approximate surface area is 228 Å². The van der Waals surface area contributed by atoms with Crippen LogP contribution in [-0.4, -0.2) is 7.11 Å². The number of methoxy groups -OCH3 is 1. The molecule has 0 saturated heterocycles. The van der Waals surface area contributed by atoms with Crippen LogP contribution in [0.3, 0.4) is 0 Å². The third-order valence-electron chi connectivity index (χ3n) is 8.37. The van der Waals surface area contributed by atoms with Crippen molar-refractivity contribution in [2.45, 2.75) is 24.9 Å². The van der Waals surface area contributed by atoms with E-state index in [4.69, 9.17) is 9.47 Å². The molecule has 0 fully saturated rings. The summed E-state index contributed by atoms with van der Waals surface area (Å²) in [6, 6.07) is 35.4. The SMILES string of the molecule is COc1ccc2c3c(c4c(c2c1)OC(c1ccccc1)(c1ccccc1)C=C4)C(C)(C)c1cc(C#N)ccc1-3. The van der Waals surface area contributed by atoms with Crippen LogP contribution in [0.4, 0.5) is 0 Å². The summed E-state index contributed by atoms with van der Waals surface area (Å²) in [6.07, 6.45) is 4.45. The van der Waals surface area contributed by atoms with Gasteiger partial charge in [0.15, 0.2) is 5.60 Å². The van der Waals surface area contributed by atoms with Gasteiger partial charge in [0.25, 0.3) is 0 Å². The summed E-state index contributed by atoms with van der Waals surface area (Å²) in [4.78, 5) is 0. The fourth-order valence-corrected chi connectivity index (χ4v) is 6.51. The second-order valence-corrected chi connectivity index (χ2v) is 10.8. The number of hydrogen-bond acceptors (Lipinski definition) is 3. The van der Waals surface area contributed by atoms with Crippen LogP contribution in [0.1, 0.15) is 47.2 Å². The summed E-state index contributed by atoms with van der Waals surface area (Å²) in [5, 5.41) is 11.8. The summed E-state index contributed by atoms with van der Waals surface area (Å²) in [5.74, 6) is 1.63. The first kappa shape index (κ1) is 23.3. The van der Waals surface area contributed by atoms with Crippen molar-refractivity contribution in [1.29, 1.82) is 5.26 Å². The average molecular weight is 506 g/mol. The van der Waals surface area contributed by atoms with Gasteiger partial charge >= 0.3 is 0 Å². The summed E-state index contributed by atoms with van der Waals surface area (Å²) in [5.41, 5.74) is 7.55. The molecule has 0 N–H and O–H groups in total. The molecule has 39 heavy (non-hydrogen) atoms. The van der Waals surface area contributed by atoms with E-state index >= 15 is 0 Å². The Balaban J connectivity index is 1.58. The second-order valence-electron chi connectivity index (χ2n) is 10.8. The Morgan fingerprint density at radius 2 is 1.49 bits per heavy atom. The number of rotatable bonds is 3. The van der Waals surface area contributed by atoms with Gasteiger partial charge in [-0.15, -0.1) is 0 Å². The van der Waals surface area contributed by atoms with Crippen molar-refractivity contribution < 1.29 is 9.47 Å². The number of benzene rings is 5. The van der Waals surface area contributed by atoms with Crippen LogP contribution in [0.5, 0.6) is 11.5 Å². The molecule has 188 valence electrons. The largest absolute Gasteiger partial charge is 0.497 e. The molecular weight excluding hydrogens is 478 g/mol. The second kappa shape index (κ2) is 8.35. The molecule has 1 aliphatic heterocycles. The van der Waals surface area contributed by atoms with Crippen LogP contribution in [0.15, 0.2) is 103 Å². The van der Waals surface area contributed by atoms with Gasteiger partial charge in [0.1, 0.15) is 11.5 Å². The van der Waals surface area contributed by atoms with E-state index in [1.807, 2.05) is 30.3 Å². The predicted octanol–water partition coefficient (Wildman–Crippen LogP) is 8.38. The molecule has 5 aromatic carbocycles. The Morgan fingerprint density at radius 1 is 0.795 bits per heavy atom. The van der Waals surface area contributed by atoms with E-state index < -0.39 is 5.60 Å². The third kappa shape index (κ3) is 3.22. The lowest BCUT2D eigenvalue weighted by Gasteiger charge is -2.38. The lowest BCUT2D eigenvalue weighted by Crippen LogP contribution is -2.35. The van der Waals surface area contributed by atoms with Gasteiger partial charge in [-0.1, -0.05) is 86.7 Å². The van der Waals surface area contributed by atoms with Crippen molar-refractivity contribution in [2.24, 2.45) is 0 Å². The molecular formula is C36H27NO2. The molecule has 0 amide bonds. The average Bonchev–Trinajstić information content (AvgIpc) is 3.23. The molecule has 0 atom stereocenters. The van der Waals surface area contributed by atoms with Crippen LogP contribution in [-0.2, 0) is 11.0 Å². The van der Waals surface area contributed by atoms with Crippen LogP contribution < -0.4 is 9.47 Å². The smallest absolute Gasteiger partial charge is 0.178 e. The van der Waals surface area contributed by atoms with Crippen molar-refractivity contribution in [3.63, 3.8) is 0 Å². The Morgan fingerprint density at radius 3 is 2.13 bits per heavy atom. The Hall–Kier alpha value is -4.81. The van der Waals surface area contributed by atoms with E-state index in [-0.39, 0.29) is 5.41 Å². The first-order valence-electron chi connectivity index (χ1n) is 13.2. The summed E-state index contributed by atoms with van der Waals surface area (Å²) in [6.45, 7) is 4.50. The van der Waals surface area contributed by atoms with E-state index in [0.717, 1.165) is 39.0 Å². The molecule has 5 aromatic rings. The van der Waals surface area contributed by atoms with Crippen LogP contribution in [0.25, 0.3) is 28.0 Å². The molecule has 0 saturated carbocycles. The van der Waals surface area contributed by atoms with Gasteiger partial charge in [-0.2, -0.15) is 5.26 Å². The maximum absolute atomic E-state index is 9.66. The van der Waals surface area contributed by atoms with Crippen molar-refractivity contribution in [3.05, 3.63) is 137 Å². The molecule has 0 radical (unpaired) electrons. The van der Waals surface area contributed by atoms with Gasteiger partial charge in [0.05, 0.1) is 18.7 Å². The highest BCUT2D eigenvalue weighted by Crippen LogP contribution is 2.58.